The SMILES string of the molecule is CCC(C)N(C)CCC(NC)c1cc(F)cc(F)c1. The van der Waals surface area contributed by atoms with Crippen molar-refractivity contribution in [2.45, 2.75) is 38.8 Å². The lowest BCUT2D eigenvalue weighted by Crippen LogP contribution is -2.31. The van der Waals surface area contributed by atoms with Gasteiger partial charge in [-0.05, 0) is 58.1 Å². The summed E-state index contributed by atoms with van der Waals surface area (Å²) in [6, 6.07) is 4.18. The molecule has 0 saturated heterocycles. The summed E-state index contributed by atoms with van der Waals surface area (Å²) in [5.74, 6) is -1.05. The van der Waals surface area contributed by atoms with Gasteiger partial charge in [0.1, 0.15) is 11.6 Å². The van der Waals surface area contributed by atoms with Crippen LogP contribution in [0, 0.1) is 11.6 Å². The summed E-state index contributed by atoms with van der Waals surface area (Å²) in [6.07, 6.45) is 1.91. The molecular weight excluding hydrogens is 246 g/mol. The Morgan fingerprint density at radius 2 is 1.79 bits per heavy atom. The van der Waals surface area contributed by atoms with Gasteiger partial charge >= 0.3 is 0 Å². The third kappa shape index (κ3) is 4.88. The first-order chi connectivity index (χ1) is 8.97. The number of halogens is 2. The van der Waals surface area contributed by atoms with Crippen molar-refractivity contribution in [3.8, 4) is 0 Å². The molecule has 0 amide bonds. The van der Waals surface area contributed by atoms with Crippen LogP contribution in [0.2, 0.25) is 0 Å². The number of hydrogen-bond donors (Lipinski definition) is 1. The highest BCUT2D eigenvalue weighted by Gasteiger charge is 2.14. The average molecular weight is 270 g/mol. The molecule has 0 fully saturated rings. The van der Waals surface area contributed by atoms with Crippen LogP contribution < -0.4 is 5.32 Å². The first-order valence-corrected chi connectivity index (χ1v) is 6.81. The predicted octanol–water partition coefficient (Wildman–Crippen LogP) is 3.35. The smallest absolute Gasteiger partial charge is 0.126 e. The van der Waals surface area contributed by atoms with Crippen LogP contribution in [0.3, 0.4) is 0 Å². The molecule has 1 aromatic carbocycles. The number of rotatable bonds is 7. The van der Waals surface area contributed by atoms with E-state index in [2.05, 4.69) is 31.1 Å². The van der Waals surface area contributed by atoms with Gasteiger partial charge in [0.25, 0.3) is 0 Å². The van der Waals surface area contributed by atoms with E-state index < -0.39 is 11.6 Å². The van der Waals surface area contributed by atoms with E-state index in [0.717, 1.165) is 25.5 Å². The molecule has 2 atom stereocenters. The van der Waals surface area contributed by atoms with Crippen molar-refractivity contribution in [3.05, 3.63) is 35.4 Å². The third-order valence-electron chi connectivity index (χ3n) is 3.75. The van der Waals surface area contributed by atoms with Crippen molar-refractivity contribution >= 4 is 0 Å². The minimum Gasteiger partial charge on any atom is -0.313 e. The van der Waals surface area contributed by atoms with Crippen LogP contribution in [0.1, 0.15) is 38.3 Å². The fraction of sp³-hybridized carbons (Fsp3) is 0.600. The van der Waals surface area contributed by atoms with E-state index >= 15 is 0 Å². The molecule has 2 unspecified atom stereocenters. The maximum absolute atomic E-state index is 13.2. The van der Waals surface area contributed by atoms with Crippen LogP contribution in [0.5, 0.6) is 0 Å². The Balaban J connectivity index is 2.67. The molecule has 2 nitrogen and oxygen atoms in total. The lowest BCUT2D eigenvalue weighted by Gasteiger charge is -2.26. The van der Waals surface area contributed by atoms with Crippen molar-refractivity contribution < 1.29 is 8.78 Å². The fourth-order valence-electron chi connectivity index (χ4n) is 2.12. The van der Waals surface area contributed by atoms with Crippen LogP contribution >= 0.6 is 0 Å². The first-order valence-electron chi connectivity index (χ1n) is 6.81. The van der Waals surface area contributed by atoms with Gasteiger partial charge in [0, 0.05) is 18.2 Å². The lowest BCUT2D eigenvalue weighted by molar-refractivity contribution is 0.239. The number of nitrogens with zero attached hydrogens (tertiary/aromatic N) is 1. The number of hydrogen-bond acceptors (Lipinski definition) is 2. The topological polar surface area (TPSA) is 15.3 Å². The Labute approximate surface area is 114 Å². The van der Waals surface area contributed by atoms with E-state index in [9.17, 15) is 8.78 Å². The van der Waals surface area contributed by atoms with Gasteiger partial charge < -0.3 is 10.2 Å². The average Bonchev–Trinajstić information content (AvgIpc) is 2.37. The molecule has 0 heterocycles. The number of benzene rings is 1. The van der Waals surface area contributed by atoms with Gasteiger partial charge in [0.15, 0.2) is 0 Å². The Kier molecular flexibility index (Phi) is 6.38. The summed E-state index contributed by atoms with van der Waals surface area (Å²) in [7, 11) is 3.89. The predicted molar refractivity (Wildman–Crippen MR) is 75.2 cm³/mol. The monoisotopic (exact) mass is 270 g/mol. The van der Waals surface area contributed by atoms with E-state index in [-0.39, 0.29) is 6.04 Å². The molecule has 0 aliphatic carbocycles. The van der Waals surface area contributed by atoms with Crippen molar-refractivity contribution in [1.82, 2.24) is 10.2 Å². The van der Waals surface area contributed by atoms with E-state index in [1.165, 1.54) is 12.1 Å². The summed E-state index contributed by atoms with van der Waals surface area (Å²) in [4.78, 5) is 2.26. The van der Waals surface area contributed by atoms with Crippen LogP contribution in [0.15, 0.2) is 18.2 Å². The largest absolute Gasteiger partial charge is 0.313 e. The van der Waals surface area contributed by atoms with E-state index in [1.54, 1.807) is 0 Å². The molecule has 0 saturated carbocycles. The molecular formula is C15H24F2N2. The van der Waals surface area contributed by atoms with Gasteiger partial charge in [0.05, 0.1) is 0 Å². The van der Waals surface area contributed by atoms with Gasteiger partial charge in [-0.2, -0.15) is 0 Å². The van der Waals surface area contributed by atoms with E-state index in [1.807, 2.05) is 7.05 Å². The fourth-order valence-corrected chi connectivity index (χ4v) is 2.12. The zero-order valence-corrected chi connectivity index (χ0v) is 12.2. The molecule has 0 radical (unpaired) electrons. The minimum absolute atomic E-state index is 0.0308. The second-order valence-electron chi connectivity index (χ2n) is 5.07. The van der Waals surface area contributed by atoms with Gasteiger partial charge in [-0.3, -0.25) is 0 Å². The van der Waals surface area contributed by atoms with Crippen molar-refractivity contribution in [2.75, 3.05) is 20.6 Å². The minimum atomic E-state index is -0.523. The van der Waals surface area contributed by atoms with Crippen LogP contribution in [0.25, 0.3) is 0 Å². The summed E-state index contributed by atoms with van der Waals surface area (Å²) >= 11 is 0. The van der Waals surface area contributed by atoms with E-state index in [4.69, 9.17) is 0 Å². The first kappa shape index (κ1) is 16.1. The van der Waals surface area contributed by atoms with Gasteiger partial charge in [0.2, 0.25) is 0 Å². The molecule has 1 rings (SSSR count). The molecule has 1 aromatic rings. The molecule has 1 N–H and O–H groups in total. The highest BCUT2D eigenvalue weighted by atomic mass is 19.1. The lowest BCUT2D eigenvalue weighted by atomic mass is 10.0. The van der Waals surface area contributed by atoms with Crippen molar-refractivity contribution in [1.29, 1.82) is 0 Å². The molecule has 0 aromatic heterocycles. The second kappa shape index (κ2) is 7.56. The maximum Gasteiger partial charge on any atom is 0.126 e. The molecule has 0 aliphatic heterocycles. The molecule has 4 heteroatoms. The summed E-state index contributed by atoms with van der Waals surface area (Å²) in [5, 5.41) is 3.13. The van der Waals surface area contributed by atoms with Crippen LogP contribution in [0.4, 0.5) is 8.78 Å². The Bertz CT molecular complexity index is 375. The van der Waals surface area contributed by atoms with Gasteiger partial charge in [-0.25, -0.2) is 8.78 Å². The second-order valence-corrected chi connectivity index (χ2v) is 5.07. The van der Waals surface area contributed by atoms with Crippen LogP contribution in [-0.2, 0) is 0 Å². The number of nitrogens with one attached hydrogen (secondary N) is 1. The van der Waals surface area contributed by atoms with Gasteiger partial charge in [-0.1, -0.05) is 6.92 Å². The van der Waals surface area contributed by atoms with Crippen molar-refractivity contribution in [2.24, 2.45) is 0 Å². The molecule has 0 bridgehead atoms. The Morgan fingerprint density at radius 3 is 2.26 bits per heavy atom. The normalized spacial score (nSPS) is 14.7. The maximum atomic E-state index is 13.2. The quantitative estimate of drug-likeness (QED) is 0.817. The standard InChI is InChI=1S/C15H24F2N2/c1-5-11(2)19(4)7-6-15(18-3)12-8-13(16)10-14(17)9-12/h8-11,15,18H,5-7H2,1-4H3. The van der Waals surface area contributed by atoms with Gasteiger partial charge in [-0.15, -0.1) is 0 Å². The highest BCUT2D eigenvalue weighted by Crippen LogP contribution is 2.19. The summed E-state index contributed by atoms with van der Waals surface area (Å²) < 4.78 is 26.5. The molecule has 0 spiro atoms. The summed E-state index contributed by atoms with van der Waals surface area (Å²) in [5.41, 5.74) is 0.664. The summed E-state index contributed by atoms with van der Waals surface area (Å²) in [6.45, 7) is 5.22. The molecule has 0 aliphatic rings. The Morgan fingerprint density at radius 1 is 1.21 bits per heavy atom. The zero-order chi connectivity index (χ0) is 14.4. The third-order valence-corrected chi connectivity index (χ3v) is 3.75. The van der Waals surface area contributed by atoms with Crippen LogP contribution in [-0.4, -0.2) is 31.6 Å². The molecule has 19 heavy (non-hydrogen) atoms. The molecule has 108 valence electrons. The Hall–Kier alpha value is -1.00. The highest BCUT2D eigenvalue weighted by molar-refractivity contribution is 5.21. The van der Waals surface area contributed by atoms with Crippen molar-refractivity contribution in [3.63, 3.8) is 0 Å². The zero-order valence-electron chi connectivity index (χ0n) is 12.2. The van der Waals surface area contributed by atoms with E-state index in [0.29, 0.717) is 11.6 Å².